The second-order valence-corrected chi connectivity index (χ2v) is 7.25. The van der Waals surface area contributed by atoms with Crippen LogP contribution in [-0.2, 0) is 17.8 Å². The molecule has 0 saturated heterocycles. The highest BCUT2D eigenvalue weighted by Crippen LogP contribution is 2.25. The van der Waals surface area contributed by atoms with Crippen molar-refractivity contribution in [3.63, 3.8) is 0 Å². The highest BCUT2D eigenvalue weighted by molar-refractivity contribution is 5.93. The molecule has 0 aliphatic rings. The molecule has 1 amide bonds. The summed E-state index contributed by atoms with van der Waals surface area (Å²) in [5.74, 6) is 1.21. The number of nitrogens with zero attached hydrogens (tertiary/aromatic N) is 1. The molecule has 2 heterocycles. The Morgan fingerprint density at radius 2 is 1.87 bits per heavy atom. The number of benzene rings is 2. The van der Waals surface area contributed by atoms with Crippen molar-refractivity contribution in [1.82, 2.24) is 0 Å². The van der Waals surface area contributed by atoms with Crippen molar-refractivity contribution in [2.75, 3.05) is 12.0 Å². The topological polar surface area (TPSA) is 72.9 Å². The summed E-state index contributed by atoms with van der Waals surface area (Å²) in [6, 6.07) is 18.4. The standard InChI is InChI=1S/C25H23NO5/c1-17-21-11-10-19(29-2)15-23(21)31-25(28)22(17)12-13-24(27)26(16-20-9-6-14-30-20)18-7-4-3-5-8-18/h3-11,14-15H,12-13,16H2,1-2H3. The van der Waals surface area contributed by atoms with E-state index in [0.717, 1.165) is 16.6 Å². The van der Waals surface area contributed by atoms with Gasteiger partial charge >= 0.3 is 5.63 Å². The quantitative estimate of drug-likeness (QED) is 0.401. The zero-order chi connectivity index (χ0) is 21.8. The lowest BCUT2D eigenvalue weighted by Gasteiger charge is -2.22. The number of fused-ring (bicyclic) bond motifs is 1. The highest BCUT2D eigenvalue weighted by Gasteiger charge is 2.19. The lowest BCUT2D eigenvalue weighted by Crippen LogP contribution is -2.31. The van der Waals surface area contributed by atoms with E-state index in [4.69, 9.17) is 13.6 Å². The number of ether oxygens (including phenoxy) is 1. The molecule has 6 nitrogen and oxygen atoms in total. The van der Waals surface area contributed by atoms with Crippen LogP contribution in [0.1, 0.15) is 23.3 Å². The van der Waals surface area contributed by atoms with E-state index in [2.05, 4.69) is 0 Å². The molecule has 0 radical (unpaired) electrons. The van der Waals surface area contributed by atoms with Gasteiger partial charge in [0.15, 0.2) is 0 Å². The average molecular weight is 417 g/mol. The number of hydrogen-bond donors (Lipinski definition) is 0. The van der Waals surface area contributed by atoms with Crippen LogP contribution in [0.4, 0.5) is 5.69 Å². The molecular formula is C25H23NO5. The summed E-state index contributed by atoms with van der Waals surface area (Å²) in [6.45, 7) is 2.20. The summed E-state index contributed by atoms with van der Waals surface area (Å²) in [5, 5.41) is 0.832. The van der Waals surface area contributed by atoms with Crippen molar-refractivity contribution in [1.29, 1.82) is 0 Å². The number of para-hydroxylation sites is 1. The minimum Gasteiger partial charge on any atom is -0.497 e. The van der Waals surface area contributed by atoms with Crippen molar-refractivity contribution in [3.05, 3.63) is 94.2 Å². The zero-order valence-electron chi connectivity index (χ0n) is 17.5. The van der Waals surface area contributed by atoms with E-state index >= 15 is 0 Å². The molecule has 0 unspecified atom stereocenters. The number of hydrogen-bond acceptors (Lipinski definition) is 5. The van der Waals surface area contributed by atoms with Gasteiger partial charge in [0.1, 0.15) is 17.1 Å². The summed E-state index contributed by atoms with van der Waals surface area (Å²) >= 11 is 0. The number of rotatable bonds is 7. The Morgan fingerprint density at radius 1 is 1.06 bits per heavy atom. The predicted molar refractivity (Wildman–Crippen MR) is 118 cm³/mol. The molecule has 158 valence electrons. The normalized spacial score (nSPS) is 10.9. The summed E-state index contributed by atoms with van der Waals surface area (Å²) < 4.78 is 16.1. The highest BCUT2D eigenvalue weighted by atomic mass is 16.5. The van der Waals surface area contributed by atoms with Gasteiger partial charge in [-0.3, -0.25) is 4.79 Å². The van der Waals surface area contributed by atoms with Crippen molar-refractivity contribution in [3.8, 4) is 5.75 Å². The largest absolute Gasteiger partial charge is 0.497 e. The van der Waals surface area contributed by atoms with Gasteiger partial charge in [0.05, 0.1) is 19.9 Å². The second-order valence-electron chi connectivity index (χ2n) is 7.25. The number of carbonyl (C=O) groups excluding carboxylic acids is 1. The second kappa shape index (κ2) is 8.92. The fourth-order valence-electron chi connectivity index (χ4n) is 3.65. The fourth-order valence-corrected chi connectivity index (χ4v) is 3.65. The molecule has 0 spiro atoms. The maximum atomic E-state index is 13.1. The smallest absolute Gasteiger partial charge is 0.339 e. The lowest BCUT2D eigenvalue weighted by molar-refractivity contribution is -0.118. The van der Waals surface area contributed by atoms with Crippen LogP contribution in [-0.4, -0.2) is 13.0 Å². The van der Waals surface area contributed by atoms with Crippen LogP contribution in [0.2, 0.25) is 0 Å². The van der Waals surface area contributed by atoms with Crippen molar-refractivity contribution >= 4 is 22.6 Å². The van der Waals surface area contributed by atoms with E-state index in [1.165, 1.54) is 0 Å². The van der Waals surface area contributed by atoms with E-state index < -0.39 is 5.63 Å². The van der Waals surface area contributed by atoms with Gasteiger partial charge in [-0.1, -0.05) is 18.2 Å². The molecule has 4 aromatic rings. The van der Waals surface area contributed by atoms with Crippen LogP contribution in [0.25, 0.3) is 11.0 Å². The number of carbonyl (C=O) groups is 1. The monoisotopic (exact) mass is 417 g/mol. The van der Waals surface area contributed by atoms with Crippen LogP contribution < -0.4 is 15.3 Å². The maximum Gasteiger partial charge on any atom is 0.339 e. The molecular weight excluding hydrogens is 394 g/mol. The van der Waals surface area contributed by atoms with Crippen LogP contribution >= 0.6 is 0 Å². The SMILES string of the molecule is COc1ccc2c(C)c(CCC(=O)N(Cc3ccco3)c3ccccc3)c(=O)oc2c1. The van der Waals surface area contributed by atoms with E-state index in [1.54, 1.807) is 30.4 Å². The predicted octanol–water partition coefficient (Wildman–Crippen LogP) is 4.87. The number of amides is 1. The van der Waals surface area contributed by atoms with E-state index in [9.17, 15) is 9.59 Å². The van der Waals surface area contributed by atoms with E-state index in [-0.39, 0.29) is 18.7 Å². The van der Waals surface area contributed by atoms with Crippen LogP contribution in [0.5, 0.6) is 5.75 Å². The third-order valence-electron chi connectivity index (χ3n) is 5.35. The molecule has 0 aliphatic heterocycles. The number of methoxy groups -OCH3 is 1. The first-order valence-electron chi connectivity index (χ1n) is 10.0. The Balaban J connectivity index is 1.58. The van der Waals surface area contributed by atoms with Gasteiger partial charge in [-0.2, -0.15) is 0 Å². The van der Waals surface area contributed by atoms with E-state index in [0.29, 0.717) is 29.2 Å². The number of aryl methyl sites for hydroxylation is 1. The van der Waals surface area contributed by atoms with Crippen LogP contribution in [0, 0.1) is 6.92 Å². The van der Waals surface area contributed by atoms with Gasteiger partial charge in [0.2, 0.25) is 5.91 Å². The Kier molecular flexibility index (Phi) is 5.89. The molecule has 0 aliphatic carbocycles. The molecule has 2 aromatic carbocycles. The summed E-state index contributed by atoms with van der Waals surface area (Å²) in [4.78, 5) is 27.4. The lowest BCUT2D eigenvalue weighted by atomic mass is 10.0. The third-order valence-corrected chi connectivity index (χ3v) is 5.35. The Hall–Kier alpha value is -3.80. The number of anilines is 1. The Labute approximate surface area is 179 Å². The third kappa shape index (κ3) is 4.38. The van der Waals surface area contributed by atoms with Gasteiger partial charge in [0, 0.05) is 29.1 Å². The van der Waals surface area contributed by atoms with Crippen LogP contribution in [0.3, 0.4) is 0 Å². The van der Waals surface area contributed by atoms with E-state index in [1.807, 2.05) is 55.5 Å². The first-order valence-corrected chi connectivity index (χ1v) is 10.0. The minimum absolute atomic E-state index is 0.101. The van der Waals surface area contributed by atoms with Gasteiger partial charge in [-0.05, 0) is 55.3 Å². The van der Waals surface area contributed by atoms with Gasteiger partial charge < -0.3 is 18.5 Å². The van der Waals surface area contributed by atoms with Crippen molar-refractivity contribution in [2.45, 2.75) is 26.3 Å². The molecule has 0 atom stereocenters. The van der Waals surface area contributed by atoms with Gasteiger partial charge in [-0.15, -0.1) is 0 Å². The van der Waals surface area contributed by atoms with Crippen molar-refractivity contribution in [2.24, 2.45) is 0 Å². The van der Waals surface area contributed by atoms with Gasteiger partial charge in [0.25, 0.3) is 0 Å². The molecule has 31 heavy (non-hydrogen) atoms. The maximum absolute atomic E-state index is 13.1. The molecule has 0 N–H and O–H groups in total. The average Bonchev–Trinajstić information content (AvgIpc) is 3.30. The molecule has 0 bridgehead atoms. The summed E-state index contributed by atoms with van der Waals surface area (Å²) in [5.41, 5.74) is 2.15. The van der Waals surface area contributed by atoms with Crippen molar-refractivity contribution < 1.29 is 18.4 Å². The first-order chi connectivity index (χ1) is 15.1. The first kappa shape index (κ1) is 20.5. The number of furan rings is 1. The molecule has 0 saturated carbocycles. The minimum atomic E-state index is -0.427. The Bertz CT molecular complexity index is 1240. The summed E-state index contributed by atoms with van der Waals surface area (Å²) in [6.07, 6.45) is 2.04. The molecule has 4 rings (SSSR count). The molecule has 2 aromatic heterocycles. The van der Waals surface area contributed by atoms with Crippen LogP contribution in [0.15, 0.2) is 80.6 Å². The summed E-state index contributed by atoms with van der Waals surface area (Å²) in [7, 11) is 1.56. The zero-order valence-corrected chi connectivity index (χ0v) is 17.5. The molecule has 6 heteroatoms. The molecule has 0 fully saturated rings. The fraction of sp³-hybridized carbons (Fsp3) is 0.200. The van der Waals surface area contributed by atoms with Gasteiger partial charge in [-0.25, -0.2) is 4.79 Å². The Morgan fingerprint density at radius 3 is 2.58 bits per heavy atom.